The number of pyridine rings is 1. The van der Waals surface area contributed by atoms with Gasteiger partial charge in [0, 0.05) is 43.6 Å². The summed E-state index contributed by atoms with van der Waals surface area (Å²) in [5.41, 5.74) is 8.11. The smallest absolute Gasteiger partial charge is 0.146 e. The van der Waals surface area contributed by atoms with Crippen LogP contribution in [0.1, 0.15) is 52.7 Å². The molecule has 0 spiro atoms. The highest BCUT2D eigenvalue weighted by Crippen LogP contribution is 2.41. The molecule has 0 aromatic carbocycles. The van der Waals surface area contributed by atoms with E-state index in [0.29, 0.717) is 23.4 Å². The Morgan fingerprint density at radius 2 is 1.68 bits per heavy atom. The van der Waals surface area contributed by atoms with Gasteiger partial charge in [0.2, 0.25) is 0 Å². The zero-order valence-electron chi connectivity index (χ0n) is 21.0. The normalized spacial score (nSPS) is 12.8. The summed E-state index contributed by atoms with van der Waals surface area (Å²) in [6, 6.07) is 3.22. The monoisotopic (exact) mass is 458 g/mol. The van der Waals surface area contributed by atoms with Crippen molar-refractivity contribution in [3.05, 3.63) is 29.6 Å². The highest BCUT2D eigenvalue weighted by Gasteiger charge is 2.41. The zero-order valence-corrected chi connectivity index (χ0v) is 23.0. The van der Waals surface area contributed by atoms with Crippen LogP contribution in [0, 0.1) is 11.5 Å². The third-order valence-electron chi connectivity index (χ3n) is 6.53. The molecule has 0 saturated heterocycles. The molecule has 0 atom stereocenters. The molecule has 0 amide bonds. The van der Waals surface area contributed by atoms with Crippen LogP contribution in [0.4, 0.5) is 0 Å². The maximum absolute atomic E-state index is 9.97. The Morgan fingerprint density at radius 1 is 1.06 bits per heavy atom. The maximum atomic E-state index is 9.97. The van der Waals surface area contributed by atoms with Crippen LogP contribution in [0.25, 0.3) is 11.0 Å². The summed E-state index contributed by atoms with van der Waals surface area (Å²) in [4.78, 5) is 4.63. The van der Waals surface area contributed by atoms with E-state index in [1.165, 1.54) is 0 Å². The first-order valence-corrected chi connectivity index (χ1v) is 17.6. The van der Waals surface area contributed by atoms with E-state index in [1.807, 2.05) is 10.8 Å². The van der Waals surface area contributed by atoms with Crippen molar-refractivity contribution in [2.75, 3.05) is 6.61 Å². The van der Waals surface area contributed by atoms with E-state index in [0.717, 1.165) is 34.8 Å². The van der Waals surface area contributed by atoms with Crippen molar-refractivity contribution < 1.29 is 9.84 Å². The molecule has 0 saturated carbocycles. The highest BCUT2D eigenvalue weighted by atomic mass is 28.3. The Labute approximate surface area is 191 Å². The molecule has 0 aliphatic heterocycles. The van der Waals surface area contributed by atoms with E-state index >= 15 is 0 Å². The lowest BCUT2D eigenvalue weighted by Gasteiger charge is -2.38. The number of hydrogen-bond donors (Lipinski definition) is 1. The first-order valence-electron chi connectivity index (χ1n) is 11.6. The fourth-order valence-corrected chi connectivity index (χ4v) is 10.7. The maximum Gasteiger partial charge on any atom is 0.146 e. The SMILES string of the molecule is CC(C)[Si](C#Cc1c(CO)cnc2c1ccn2COCC[Si](C)(C)C)(C(C)C)C(C)C. The van der Waals surface area contributed by atoms with Crippen LogP contribution in [0.2, 0.25) is 42.3 Å². The van der Waals surface area contributed by atoms with Crippen molar-refractivity contribution in [2.45, 2.75) is 97.2 Å². The number of aromatic nitrogens is 2. The number of aliphatic hydroxyl groups is 1. The summed E-state index contributed by atoms with van der Waals surface area (Å²) in [5, 5.41) is 11.0. The van der Waals surface area contributed by atoms with Crippen LogP contribution in [-0.4, -0.2) is 37.4 Å². The second-order valence-corrected chi connectivity index (χ2v) is 22.0. The van der Waals surface area contributed by atoms with Crippen molar-refractivity contribution in [3.63, 3.8) is 0 Å². The molecule has 31 heavy (non-hydrogen) atoms. The Hall–Kier alpha value is -1.40. The van der Waals surface area contributed by atoms with Gasteiger partial charge in [0.15, 0.2) is 0 Å². The minimum atomic E-state index is -1.86. The Balaban J connectivity index is 2.45. The molecule has 2 rings (SSSR count). The van der Waals surface area contributed by atoms with Crippen molar-refractivity contribution in [1.82, 2.24) is 9.55 Å². The molecule has 0 radical (unpaired) electrons. The first-order chi connectivity index (χ1) is 14.4. The third kappa shape index (κ3) is 5.89. The van der Waals surface area contributed by atoms with Gasteiger partial charge in [-0.25, -0.2) is 4.98 Å². The fraction of sp³-hybridized carbons (Fsp3) is 0.640. The molecule has 1 N–H and O–H groups in total. The van der Waals surface area contributed by atoms with E-state index in [-0.39, 0.29) is 6.61 Å². The van der Waals surface area contributed by atoms with Crippen LogP contribution >= 0.6 is 0 Å². The molecule has 0 unspecified atom stereocenters. The number of ether oxygens (including phenoxy) is 1. The van der Waals surface area contributed by atoms with Crippen LogP contribution in [-0.2, 0) is 18.1 Å². The van der Waals surface area contributed by atoms with Gasteiger partial charge >= 0.3 is 0 Å². The molecule has 2 aromatic heterocycles. The van der Waals surface area contributed by atoms with Crippen molar-refractivity contribution in [1.29, 1.82) is 0 Å². The summed E-state index contributed by atoms with van der Waals surface area (Å²) in [6.07, 6.45) is 3.80. The summed E-state index contributed by atoms with van der Waals surface area (Å²) in [5.74, 6) is 3.56. The number of rotatable bonds is 9. The van der Waals surface area contributed by atoms with Crippen LogP contribution in [0.15, 0.2) is 18.5 Å². The van der Waals surface area contributed by atoms with Crippen molar-refractivity contribution >= 4 is 27.2 Å². The third-order valence-corrected chi connectivity index (χ3v) is 14.5. The topological polar surface area (TPSA) is 47.3 Å². The van der Waals surface area contributed by atoms with Gasteiger partial charge < -0.3 is 14.4 Å². The number of fused-ring (bicyclic) bond motifs is 1. The summed E-state index contributed by atoms with van der Waals surface area (Å²) in [7, 11) is -2.96. The van der Waals surface area contributed by atoms with Crippen LogP contribution < -0.4 is 0 Å². The molecular weight excluding hydrogens is 416 g/mol. The summed E-state index contributed by atoms with van der Waals surface area (Å²) >= 11 is 0. The quantitative estimate of drug-likeness (QED) is 0.268. The molecule has 2 aromatic rings. The van der Waals surface area contributed by atoms with Gasteiger partial charge in [0.25, 0.3) is 0 Å². The number of aliphatic hydroxyl groups excluding tert-OH is 1. The minimum Gasteiger partial charge on any atom is -0.392 e. The molecule has 172 valence electrons. The van der Waals surface area contributed by atoms with E-state index < -0.39 is 16.1 Å². The summed E-state index contributed by atoms with van der Waals surface area (Å²) < 4.78 is 7.99. The number of nitrogens with zero attached hydrogens (tertiary/aromatic N) is 2. The van der Waals surface area contributed by atoms with E-state index in [1.54, 1.807) is 6.20 Å². The van der Waals surface area contributed by atoms with E-state index in [2.05, 4.69) is 83.7 Å². The standard InChI is InChI=1S/C25H42N2O2Si2/c1-19(2)31(20(3)4,21(5)6)14-11-23-22(17-28)16-26-25-24(23)10-12-27(25)18-29-13-15-30(7,8)9/h10,12,16,19-21,28H,13,15,17-18H2,1-9H3. The van der Waals surface area contributed by atoms with Crippen molar-refractivity contribution in [3.8, 4) is 11.5 Å². The fourth-order valence-electron chi connectivity index (χ4n) is 4.70. The predicted octanol–water partition coefficient (Wildman–Crippen LogP) is 6.41. The molecule has 0 aliphatic carbocycles. The van der Waals surface area contributed by atoms with Crippen molar-refractivity contribution in [2.24, 2.45) is 0 Å². The molecule has 6 heteroatoms. The Morgan fingerprint density at radius 3 is 2.19 bits per heavy atom. The Bertz CT molecular complexity index is 909. The Kier molecular flexibility index (Phi) is 8.74. The molecular formula is C25H42N2O2Si2. The van der Waals surface area contributed by atoms with Gasteiger partial charge in [-0.1, -0.05) is 67.1 Å². The molecule has 0 fully saturated rings. The van der Waals surface area contributed by atoms with Gasteiger partial charge in [-0.2, -0.15) is 0 Å². The largest absolute Gasteiger partial charge is 0.392 e. The van der Waals surface area contributed by atoms with Gasteiger partial charge in [0.05, 0.1) is 6.61 Å². The lowest BCUT2D eigenvalue weighted by molar-refractivity contribution is 0.0899. The lowest BCUT2D eigenvalue weighted by Crippen LogP contribution is -2.43. The summed E-state index contributed by atoms with van der Waals surface area (Å²) in [6.45, 7) is 22.2. The van der Waals surface area contributed by atoms with Crippen LogP contribution in [0.3, 0.4) is 0 Å². The molecule has 2 heterocycles. The van der Waals surface area contributed by atoms with Gasteiger partial charge in [-0.15, -0.1) is 5.54 Å². The average Bonchev–Trinajstić information content (AvgIpc) is 3.07. The van der Waals surface area contributed by atoms with E-state index in [9.17, 15) is 5.11 Å². The van der Waals surface area contributed by atoms with Gasteiger partial charge in [-0.05, 0) is 28.7 Å². The highest BCUT2D eigenvalue weighted by molar-refractivity contribution is 6.90. The zero-order chi connectivity index (χ0) is 23.4. The average molecular weight is 459 g/mol. The first kappa shape index (κ1) is 25.9. The van der Waals surface area contributed by atoms with E-state index in [4.69, 9.17) is 4.74 Å². The predicted molar refractivity (Wildman–Crippen MR) is 138 cm³/mol. The molecule has 0 bridgehead atoms. The second kappa shape index (κ2) is 10.5. The number of hydrogen-bond acceptors (Lipinski definition) is 3. The van der Waals surface area contributed by atoms with Crippen LogP contribution in [0.5, 0.6) is 0 Å². The molecule has 4 nitrogen and oxygen atoms in total. The van der Waals surface area contributed by atoms with Gasteiger partial charge in [0.1, 0.15) is 20.5 Å². The minimum absolute atomic E-state index is 0.0512. The molecule has 0 aliphatic rings. The lowest BCUT2D eigenvalue weighted by atomic mass is 10.1. The second-order valence-electron chi connectivity index (χ2n) is 10.8. The van der Waals surface area contributed by atoms with Gasteiger partial charge in [-0.3, -0.25) is 0 Å².